The highest BCUT2D eigenvalue weighted by molar-refractivity contribution is 6.16. The largest absolute Gasteiger partial charge is 0.573 e. The van der Waals surface area contributed by atoms with E-state index in [1.807, 2.05) is 0 Å². The fourth-order valence-corrected chi connectivity index (χ4v) is 1.37. The van der Waals surface area contributed by atoms with Gasteiger partial charge in [-0.15, -0.1) is 24.8 Å². The van der Waals surface area contributed by atoms with E-state index >= 15 is 0 Å². The molecule has 1 aromatic heterocycles. The van der Waals surface area contributed by atoms with E-state index in [0.717, 1.165) is 6.07 Å². The molecule has 1 rings (SSSR count). The predicted molar refractivity (Wildman–Crippen MR) is 51.4 cm³/mol. The summed E-state index contributed by atoms with van der Waals surface area (Å²) in [6, 6.07) is 0.972. The van der Waals surface area contributed by atoms with Gasteiger partial charge in [-0.3, -0.25) is 0 Å². The van der Waals surface area contributed by atoms with Gasteiger partial charge in [0.1, 0.15) is 5.69 Å². The number of hydrogen-bond acceptors (Lipinski definition) is 3. The molecule has 0 saturated heterocycles. The highest BCUT2D eigenvalue weighted by atomic mass is 35.5. The van der Waals surface area contributed by atoms with Crippen molar-refractivity contribution in [3.63, 3.8) is 0 Å². The molecule has 9 heteroatoms. The van der Waals surface area contributed by atoms with Crippen LogP contribution in [-0.2, 0) is 12.5 Å². The molecule has 0 aliphatic rings. The first-order chi connectivity index (χ1) is 8.28. The van der Waals surface area contributed by atoms with Gasteiger partial charge in [0, 0.05) is 5.56 Å². The number of hydrogen-bond donors (Lipinski definition) is 1. The van der Waals surface area contributed by atoms with Gasteiger partial charge in [0.25, 0.3) is 6.43 Å². The average molecular weight is 292 g/mol. The Labute approximate surface area is 103 Å². The molecule has 102 valence electrons. The maximum absolute atomic E-state index is 12.6. The van der Waals surface area contributed by atoms with Gasteiger partial charge in [0.05, 0.1) is 18.2 Å². The number of ether oxygens (including phenoxy) is 1. The molecule has 18 heavy (non-hydrogen) atoms. The van der Waals surface area contributed by atoms with Gasteiger partial charge in [-0.1, -0.05) is 0 Å². The predicted octanol–water partition coefficient (Wildman–Crippen LogP) is 3.15. The van der Waals surface area contributed by atoms with Crippen LogP contribution in [0.4, 0.5) is 22.0 Å². The second-order valence-electron chi connectivity index (χ2n) is 3.13. The number of halogens is 6. The monoisotopic (exact) mass is 291 g/mol. The molecule has 0 aromatic carbocycles. The number of nitrogens with zero attached hydrogens (tertiary/aromatic N) is 1. The number of rotatable bonds is 4. The van der Waals surface area contributed by atoms with Crippen LogP contribution in [0.3, 0.4) is 0 Å². The zero-order chi connectivity index (χ0) is 13.9. The zero-order valence-corrected chi connectivity index (χ0v) is 9.40. The molecular formula is C9H7ClF5NO2. The molecule has 0 aliphatic carbocycles. The first kappa shape index (κ1) is 14.9. The molecule has 0 aliphatic heterocycles. The van der Waals surface area contributed by atoms with E-state index in [4.69, 9.17) is 16.7 Å². The Morgan fingerprint density at radius 2 is 2.00 bits per heavy atom. The molecular weight excluding hydrogens is 285 g/mol. The quantitative estimate of drug-likeness (QED) is 0.684. The Balaban J connectivity index is 3.35. The number of aromatic nitrogens is 1. The van der Waals surface area contributed by atoms with Crippen LogP contribution in [0.2, 0.25) is 0 Å². The number of aliphatic hydroxyl groups is 1. The van der Waals surface area contributed by atoms with Crippen LogP contribution in [-0.4, -0.2) is 16.5 Å². The van der Waals surface area contributed by atoms with Crippen LogP contribution in [0.15, 0.2) is 6.07 Å². The lowest BCUT2D eigenvalue weighted by atomic mass is 10.1. The summed E-state index contributed by atoms with van der Waals surface area (Å²) in [4.78, 5) is 3.27. The van der Waals surface area contributed by atoms with Gasteiger partial charge in [-0.05, 0) is 6.07 Å². The Morgan fingerprint density at radius 1 is 1.39 bits per heavy atom. The van der Waals surface area contributed by atoms with E-state index in [2.05, 4.69) is 9.72 Å². The van der Waals surface area contributed by atoms with Crippen LogP contribution in [0.1, 0.15) is 23.4 Å². The van der Waals surface area contributed by atoms with Crippen molar-refractivity contribution in [1.82, 2.24) is 4.98 Å². The third-order valence-corrected chi connectivity index (χ3v) is 2.13. The molecule has 0 saturated carbocycles. The molecule has 0 atom stereocenters. The standard InChI is InChI=1S/C9H7ClF5NO2/c10-2-5-1-4(3-17)7(18-9(13,14)15)6(16-5)8(11)12/h1,8,17H,2-3H2. The summed E-state index contributed by atoms with van der Waals surface area (Å²) in [5, 5.41) is 8.88. The topological polar surface area (TPSA) is 42.4 Å². The Hall–Kier alpha value is -1.15. The SMILES string of the molecule is OCc1cc(CCl)nc(C(F)F)c1OC(F)(F)F. The van der Waals surface area contributed by atoms with Crippen molar-refractivity contribution in [1.29, 1.82) is 0 Å². The lowest BCUT2D eigenvalue weighted by Gasteiger charge is -2.16. The lowest BCUT2D eigenvalue weighted by molar-refractivity contribution is -0.275. The average Bonchev–Trinajstić information content (AvgIpc) is 2.26. The van der Waals surface area contributed by atoms with Crippen LogP contribution < -0.4 is 4.74 Å². The summed E-state index contributed by atoms with van der Waals surface area (Å²) >= 11 is 5.37. The van der Waals surface area contributed by atoms with Crippen molar-refractivity contribution in [3.8, 4) is 5.75 Å². The number of alkyl halides is 6. The van der Waals surface area contributed by atoms with E-state index in [-0.39, 0.29) is 11.6 Å². The van der Waals surface area contributed by atoms with Crippen molar-refractivity contribution >= 4 is 11.6 Å². The van der Waals surface area contributed by atoms with E-state index < -0.39 is 36.4 Å². The van der Waals surface area contributed by atoms with E-state index in [9.17, 15) is 22.0 Å². The molecule has 1 heterocycles. The van der Waals surface area contributed by atoms with Gasteiger partial charge in [-0.25, -0.2) is 13.8 Å². The molecule has 1 N–H and O–H groups in total. The molecule has 3 nitrogen and oxygen atoms in total. The van der Waals surface area contributed by atoms with E-state index in [0.29, 0.717) is 0 Å². The van der Waals surface area contributed by atoms with Crippen LogP contribution in [0.5, 0.6) is 5.75 Å². The maximum atomic E-state index is 12.6. The number of pyridine rings is 1. The minimum atomic E-state index is -5.16. The maximum Gasteiger partial charge on any atom is 0.573 e. The summed E-state index contributed by atoms with van der Waals surface area (Å²) in [5.41, 5.74) is -1.73. The minimum Gasteiger partial charge on any atom is -0.403 e. The van der Waals surface area contributed by atoms with Gasteiger partial charge in [0.15, 0.2) is 5.75 Å². The second kappa shape index (κ2) is 5.66. The smallest absolute Gasteiger partial charge is 0.403 e. The molecule has 0 radical (unpaired) electrons. The Bertz CT molecular complexity index is 424. The summed E-state index contributed by atoms with van der Waals surface area (Å²) < 4.78 is 64.9. The second-order valence-corrected chi connectivity index (χ2v) is 3.39. The number of aliphatic hydroxyl groups excluding tert-OH is 1. The highest BCUT2D eigenvalue weighted by Crippen LogP contribution is 2.35. The van der Waals surface area contributed by atoms with Crippen LogP contribution >= 0.6 is 11.6 Å². The summed E-state index contributed by atoms with van der Waals surface area (Å²) in [6.45, 7) is -0.905. The van der Waals surface area contributed by atoms with E-state index in [1.165, 1.54) is 0 Å². The Morgan fingerprint density at radius 3 is 2.39 bits per heavy atom. The lowest BCUT2D eigenvalue weighted by Crippen LogP contribution is -2.20. The summed E-state index contributed by atoms with van der Waals surface area (Å²) in [7, 11) is 0. The van der Waals surface area contributed by atoms with Crippen molar-refractivity contribution in [2.45, 2.75) is 25.3 Å². The third kappa shape index (κ3) is 3.67. The minimum absolute atomic E-state index is 0.0782. The van der Waals surface area contributed by atoms with Crippen molar-refractivity contribution < 1.29 is 31.8 Å². The molecule has 0 spiro atoms. The fourth-order valence-electron chi connectivity index (χ4n) is 1.24. The normalized spacial score (nSPS) is 12.0. The first-order valence-corrected chi connectivity index (χ1v) is 5.05. The molecule has 0 amide bonds. The Kier molecular flexibility index (Phi) is 4.69. The zero-order valence-electron chi connectivity index (χ0n) is 8.64. The van der Waals surface area contributed by atoms with Crippen LogP contribution in [0, 0.1) is 0 Å². The first-order valence-electron chi connectivity index (χ1n) is 4.52. The fraction of sp³-hybridized carbons (Fsp3) is 0.444. The summed E-state index contributed by atoms with van der Waals surface area (Å²) in [6.07, 6.45) is -8.44. The van der Waals surface area contributed by atoms with Crippen molar-refractivity contribution in [3.05, 3.63) is 23.0 Å². The van der Waals surface area contributed by atoms with Crippen LogP contribution in [0.25, 0.3) is 0 Å². The highest BCUT2D eigenvalue weighted by Gasteiger charge is 2.35. The molecule has 0 bridgehead atoms. The molecule has 0 unspecified atom stereocenters. The third-order valence-electron chi connectivity index (χ3n) is 1.86. The van der Waals surface area contributed by atoms with Gasteiger partial charge < -0.3 is 9.84 Å². The van der Waals surface area contributed by atoms with Gasteiger partial charge >= 0.3 is 6.36 Å². The van der Waals surface area contributed by atoms with Crippen molar-refractivity contribution in [2.75, 3.05) is 0 Å². The molecule has 0 fully saturated rings. The van der Waals surface area contributed by atoms with E-state index in [1.54, 1.807) is 0 Å². The molecule has 1 aromatic rings. The van der Waals surface area contributed by atoms with Gasteiger partial charge in [0.2, 0.25) is 0 Å². The van der Waals surface area contributed by atoms with Crippen molar-refractivity contribution in [2.24, 2.45) is 0 Å². The summed E-state index contributed by atoms with van der Waals surface area (Å²) in [5.74, 6) is -1.46. The van der Waals surface area contributed by atoms with Gasteiger partial charge in [-0.2, -0.15) is 0 Å².